The Labute approximate surface area is 164 Å². The van der Waals surface area contributed by atoms with E-state index >= 15 is 0 Å². The smallest absolute Gasteiger partial charge is 0.249 e. The van der Waals surface area contributed by atoms with E-state index in [4.69, 9.17) is 9.47 Å². The molecule has 0 spiro atoms. The summed E-state index contributed by atoms with van der Waals surface area (Å²) in [5.74, 6) is 0.308. The maximum Gasteiger partial charge on any atom is 0.249 e. The van der Waals surface area contributed by atoms with E-state index in [1.807, 2.05) is 26.0 Å². The van der Waals surface area contributed by atoms with Crippen LogP contribution in [0.1, 0.15) is 36.5 Å². The number of rotatable bonds is 5. The van der Waals surface area contributed by atoms with Crippen molar-refractivity contribution >= 4 is 11.6 Å². The molecule has 7 nitrogen and oxygen atoms in total. The summed E-state index contributed by atoms with van der Waals surface area (Å²) >= 11 is 0. The standard InChI is InChI=1S/C21H22N4O3/c1-5-28-21-19-15(8-9-24-21)25-12(2)17(20(26)23-3)18(19)14-7-6-13(11-22)10-16(14)27-4/h6-10,18,25H,5H2,1-4H3,(H,23,26). The van der Waals surface area contributed by atoms with E-state index in [1.165, 1.54) is 0 Å². The second kappa shape index (κ2) is 8.01. The van der Waals surface area contributed by atoms with Crippen molar-refractivity contribution in [3.8, 4) is 17.7 Å². The van der Waals surface area contributed by atoms with Crippen molar-refractivity contribution in [1.29, 1.82) is 5.26 Å². The molecule has 0 fully saturated rings. The van der Waals surface area contributed by atoms with Crippen LogP contribution >= 0.6 is 0 Å². The lowest BCUT2D eigenvalue weighted by Gasteiger charge is -2.32. The van der Waals surface area contributed by atoms with Crippen LogP contribution in [0.5, 0.6) is 11.6 Å². The van der Waals surface area contributed by atoms with E-state index in [-0.39, 0.29) is 5.91 Å². The Balaban J connectivity index is 2.33. The minimum absolute atomic E-state index is 0.210. The van der Waals surface area contributed by atoms with Crippen molar-refractivity contribution in [2.45, 2.75) is 19.8 Å². The van der Waals surface area contributed by atoms with E-state index in [1.54, 1.807) is 32.5 Å². The van der Waals surface area contributed by atoms with Crippen LogP contribution < -0.4 is 20.1 Å². The van der Waals surface area contributed by atoms with E-state index < -0.39 is 5.92 Å². The molecule has 1 aromatic carbocycles. The van der Waals surface area contributed by atoms with Crippen LogP contribution in [0.2, 0.25) is 0 Å². The summed E-state index contributed by atoms with van der Waals surface area (Å²) in [5.41, 5.74) is 4.10. The Hall–Kier alpha value is -3.53. The monoisotopic (exact) mass is 378 g/mol. The Kier molecular flexibility index (Phi) is 5.50. The molecule has 28 heavy (non-hydrogen) atoms. The van der Waals surface area contributed by atoms with Gasteiger partial charge in [-0.15, -0.1) is 0 Å². The highest BCUT2D eigenvalue weighted by Gasteiger charge is 2.36. The molecule has 0 bridgehead atoms. The molecule has 0 aliphatic carbocycles. The van der Waals surface area contributed by atoms with E-state index in [2.05, 4.69) is 21.7 Å². The number of anilines is 1. The third kappa shape index (κ3) is 3.25. The minimum atomic E-state index is -0.464. The molecule has 0 radical (unpaired) electrons. The van der Waals surface area contributed by atoms with Crippen LogP contribution in [-0.2, 0) is 4.79 Å². The molecule has 1 unspecified atom stereocenters. The summed E-state index contributed by atoms with van der Waals surface area (Å²) in [5, 5.41) is 15.2. The van der Waals surface area contributed by atoms with Crippen molar-refractivity contribution in [3.63, 3.8) is 0 Å². The normalized spacial score (nSPS) is 15.2. The van der Waals surface area contributed by atoms with Gasteiger partial charge < -0.3 is 20.1 Å². The third-order valence-corrected chi connectivity index (χ3v) is 4.68. The third-order valence-electron chi connectivity index (χ3n) is 4.68. The van der Waals surface area contributed by atoms with Crippen molar-refractivity contribution in [3.05, 3.63) is 58.4 Å². The number of carbonyl (C=O) groups excluding carboxylic acids is 1. The van der Waals surface area contributed by atoms with Crippen LogP contribution in [0.3, 0.4) is 0 Å². The fourth-order valence-electron chi connectivity index (χ4n) is 3.49. The van der Waals surface area contributed by atoms with Gasteiger partial charge in [-0.2, -0.15) is 5.26 Å². The van der Waals surface area contributed by atoms with Gasteiger partial charge in [-0.25, -0.2) is 4.98 Å². The molecule has 1 aliphatic heterocycles. The molecule has 1 amide bonds. The van der Waals surface area contributed by atoms with E-state index in [0.717, 1.165) is 22.5 Å². The molecule has 1 aromatic heterocycles. The molecule has 0 saturated heterocycles. The number of benzene rings is 1. The first-order chi connectivity index (χ1) is 13.5. The van der Waals surface area contributed by atoms with Gasteiger partial charge in [-0.3, -0.25) is 4.79 Å². The van der Waals surface area contributed by atoms with Gasteiger partial charge in [0.2, 0.25) is 11.8 Å². The maximum atomic E-state index is 12.8. The number of amides is 1. The number of carbonyl (C=O) groups is 1. The van der Waals surface area contributed by atoms with Crippen LogP contribution in [0.15, 0.2) is 41.7 Å². The summed E-state index contributed by atoms with van der Waals surface area (Å²) in [7, 11) is 3.14. The summed E-state index contributed by atoms with van der Waals surface area (Å²) in [4.78, 5) is 17.2. The first-order valence-electron chi connectivity index (χ1n) is 8.95. The predicted molar refractivity (Wildman–Crippen MR) is 105 cm³/mol. The lowest BCUT2D eigenvalue weighted by atomic mass is 9.80. The highest BCUT2D eigenvalue weighted by Crippen LogP contribution is 2.47. The Morgan fingerprint density at radius 1 is 1.39 bits per heavy atom. The molecule has 1 atom stereocenters. The van der Waals surface area contributed by atoms with Crippen molar-refractivity contribution in [2.75, 3.05) is 26.1 Å². The van der Waals surface area contributed by atoms with Crippen molar-refractivity contribution in [2.24, 2.45) is 0 Å². The number of hydrogen-bond acceptors (Lipinski definition) is 6. The first kappa shape index (κ1) is 19.2. The Morgan fingerprint density at radius 3 is 2.82 bits per heavy atom. The van der Waals surface area contributed by atoms with Crippen molar-refractivity contribution < 1.29 is 14.3 Å². The summed E-state index contributed by atoms with van der Waals surface area (Å²) in [6, 6.07) is 9.17. The second-order valence-corrected chi connectivity index (χ2v) is 6.25. The second-order valence-electron chi connectivity index (χ2n) is 6.25. The maximum absolute atomic E-state index is 12.8. The van der Waals surface area contributed by atoms with E-state index in [0.29, 0.717) is 29.4 Å². The molecule has 2 aromatic rings. The SMILES string of the molecule is CCOc1nccc2c1C(c1ccc(C#N)cc1OC)C(C(=O)NC)=C(C)N2. The minimum Gasteiger partial charge on any atom is -0.496 e. The van der Waals surface area contributed by atoms with E-state index in [9.17, 15) is 10.1 Å². The fraction of sp³-hybridized carbons (Fsp3) is 0.286. The Bertz CT molecular complexity index is 992. The molecule has 7 heteroatoms. The van der Waals surface area contributed by atoms with Gasteiger partial charge in [0, 0.05) is 35.8 Å². The number of nitrogens with zero attached hydrogens (tertiary/aromatic N) is 2. The summed E-state index contributed by atoms with van der Waals surface area (Å²) in [6.07, 6.45) is 1.67. The van der Waals surface area contributed by atoms with Gasteiger partial charge in [0.25, 0.3) is 0 Å². The topological polar surface area (TPSA) is 96.3 Å². The quantitative estimate of drug-likeness (QED) is 0.830. The molecular weight excluding hydrogens is 356 g/mol. The number of ether oxygens (including phenoxy) is 2. The number of fused-ring (bicyclic) bond motifs is 1. The number of nitriles is 1. The lowest BCUT2D eigenvalue weighted by molar-refractivity contribution is -0.117. The average molecular weight is 378 g/mol. The fourth-order valence-corrected chi connectivity index (χ4v) is 3.49. The highest BCUT2D eigenvalue weighted by atomic mass is 16.5. The van der Waals surface area contributed by atoms with Crippen LogP contribution in [0.4, 0.5) is 5.69 Å². The molecule has 144 valence electrons. The lowest BCUT2D eigenvalue weighted by Crippen LogP contribution is -2.30. The molecule has 3 rings (SSSR count). The summed E-state index contributed by atoms with van der Waals surface area (Å²) < 4.78 is 11.3. The molecule has 2 heterocycles. The molecule has 1 aliphatic rings. The zero-order chi connectivity index (χ0) is 20.3. The zero-order valence-electron chi connectivity index (χ0n) is 16.3. The van der Waals surface area contributed by atoms with Gasteiger partial charge in [0.05, 0.1) is 36.8 Å². The molecular formula is C21H22N4O3. The number of allylic oxidation sites excluding steroid dienone is 1. The predicted octanol–water partition coefficient (Wildman–Crippen LogP) is 2.94. The van der Waals surface area contributed by atoms with Gasteiger partial charge in [-0.1, -0.05) is 6.07 Å². The Morgan fingerprint density at radius 2 is 2.18 bits per heavy atom. The van der Waals surface area contributed by atoms with Gasteiger partial charge >= 0.3 is 0 Å². The molecule has 2 N–H and O–H groups in total. The van der Waals surface area contributed by atoms with Gasteiger partial charge in [-0.05, 0) is 32.0 Å². The number of methoxy groups -OCH3 is 1. The highest BCUT2D eigenvalue weighted by molar-refractivity contribution is 5.99. The van der Waals surface area contributed by atoms with Crippen LogP contribution in [-0.4, -0.2) is 31.7 Å². The van der Waals surface area contributed by atoms with Crippen molar-refractivity contribution in [1.82, 2.24) is 10.3 Å². The molecule has 0 saturated carbocycles. The first-order valence-corrected chi connectivity index (χ1v) is 8.95. The number of pyridine rings is 1. The number of aromatic nitrogens is 1. The van der Waals surface area contributed by atoms with Gasteiger partial charge in [0.15, 0.2) is 0 Å². The van der Waals surface area contributed by atoms with Gasteiger partial charge in [0.1, 0.15) is 5.75 Å². The van der Waals surface area contributed by atoms with Crippen LogP contribution in [0.25, 0.3) is 0 Å². The number of hydrogen-bond donors (Lipinski definition) is 2. The average Bonchev–Trinajstić information content (AvgIpc) is 2.72. The van der Waals surface area contributed by atoms with Crippen LogP contribution in [0, 0.1) is 11.3 Å². The zero-order valence-corrected chi connectivity index (χ0v) is 16.3. The number of nitrogens with one attached hydrogen (secondary N) is 2. The summed E-state index contributed by atoms with van der Waals surface area (Å²) in [6.45, 7) is 4.19. The number of likely N-dealkylation sites (N-methyl/N-ethyl adjacent to an activating group) is 1. The largest absolute Gasteiger partial charge is 0.496 e.